The summed E-state index contributed by atoms with van der Waals surface area (Å²) in [6.45, 7) is 4.19. The molecule has 1 aliphatic heterocycles. The Morgan fingerprint density at radius 3 is 2.74 bits per heavy atom. The van der Waals surface area contributed by atoms with Crippen molar-refractivity contribution in [2.75, 3.05) is 33.7 Å². The Labute approximate surface area is 143 Å². The normalized spacial score (nSPS) is 18.0. The van der Waals surface area contributed by atoms with Gasteiger partial charge in [0.1, 0.15) is 5.76 Å². The van der Waals surface area contributed by atoms with Crippen molar-refractivity contribution in [3.63, 3.8) is 0 Å². The molecule has 0 spiro atoms. The fourth-order valence-corrected chi connectivity index (χ4v) is 3.29. The van der Waals surface area contributed by atoms with E-state index in [0.29, 0.717) is 18.2 Å². The number of halogens is 1. The maximum atomic E-state index is 12.2. The van der Waals surface area contributed by atoms with Crippen LogP contribution >= 0.6 is 12.4 Å². The molecule has 2 heterocycles. The first-order valence-corrected chi connectivity index (χ1v) is 8.78. The van der Waals surface area contributed by atoms with E-state index in [4.69, 9.17) is 4.42 Å². The first-order valence-electron chi connectivity index (χ1n) is 7.34. The lowest BCUT2D eigenvalue weighted by Crippen LogP contribution is -2.26. The van der Waals surface area contributed by atoms with Gasteiger partial charge >= 0.3 is 0 Å². The van der Waals surface area contributed by atoms with Crippen LogP contribution in [0, 0.1) is 12.8 Å². The van der Waals surface area contributed by atoms with Gasteiger partial charge in [0.25, 0.3) is 15.9 Å². The van der Waals surface area contributed by atoms with Crippen molar-refractivity contribution in [1.82, 2.24) is 14.9 Å². The van der Waals surface area contributed by atoms with Crippen LogP contribution in [0.5, 0.6) is 0 Å². The number of hydrogen-bond donors (Lipinski definition) is 2. The third-order valence-corrected chi connectivity index (χ3v) is 5.55. The average Bonchev–Trinajstić information content (AvgIpc) is 3.08. The number of sulfonamides is 1. The average molecular weight is 366 g/mol. The summed E-state index contributed by atoms with van der Waals surface area (Å²) in [4.78, 5) is 12.2. The number of nitrogens with one attached hydrogen (secondary N) is 2. The highest BCUT2D eigenvalue weighted by atomic mass is 35.5. The molecule has 1 saturated heterocycles. The number of nitrogens with zero attached hydrogens (tertiary/aromatic N) is 1. The molecule has 0 radical (unpaired) electrons. The monoisotopic (exact) mass is 365 g/mol. The van der Waals surface area contributed by atoms with Gasteiger partial charge in [0.15, 0.2) is 0 Å². The molecule has 1 fully saturated rings. The van der Waals surface area contributed by atoms with E-state index >= 15 is 0 Å². The van der Waals surface area contributed by atoms with E-state index < -0.39 is 10.0 Å². The van der Waals surface area contributed by atoms with Crippen LogP contribution in [-0.2, 0) is 10.0 Å². The Morgan fingerprint density at radius 2 is 2.17 bits per heavy atom. The second kappa shape index (κ2) is 8.14. The Kier molecular flexibility index (Phi) is 7.06. The quantitative estimate of drug-likeness (QED) is 0.784. The Bertz CT molecular complexity index is 636. The number of furan rings is 1. The smallest absolute Gasteiger partial charge is 0.275 e. The largest absolute Gasteiger partial charge is 0.448 e. The number of carbonyl (C=O) groups excluding carboxylic acids is 1. The fraction of sp³-hybridized carbons (Fsp3) is 0.643. The van der Waals surface area contributed by atoms with Gasteiger partial charge in [-0.25, -0.2) is 12.7 Å². The first kappa shape index (κ1) is 20.0. The Balaban J connectivity index is 0.00000264. The predicted octanol–water partition coefficient (Wildman–Crippen LogP) is 0.990. The zero-order valence-electron chi connectivity index (χ0n) is 13.6. The van der Waals surface area contributed by atoms with E-state index in [-0.39, 0.29) is 29.0 Å². The third-order valence-electron chi connectivity index (χ3n) is 3.88. The van der Waals surface area contributed by atoms with Crippen LogP contribution in [0.1, 0.15) is 29.0 Å². The van der Waals surface area contributed by atoms with Crippen LogP contribution in [0.2, 0.25) is 0 Å². The molecule has 0 aromatic carbocycles. The highest BCUT2D eigenvalue weighted by Crippen LogP contribution is 2.21. The molecule has 0 bridgehead atoms. The van der Waals surface area contributed by atoms with Gasteiger partial charge < -0.3 is 15.1 Å². The van der Waals surface area contributed by atoms with E-state index in [0.717, 1.165) is 30.2 Å². The minimum Gasteiger partial charge on any atom is -0.448 e. The van der Waals surface area contributed by atoms with Crippen molar-refractivity contribution in [2.45, 2.75) is 24.9 Å². The fourth-order valence-electron chi connectivity index (χ4n) is 2.43. The lowest BCUT2D eigenvalue weighted by atomic mass is 10.1. The van der Waals surface area contributed by atoms with Crippen molar-refractivity contribution in [3.05, 3.63) is 17.4 Å². The van der Waals surface area contributed by atoms with Gasteiger partial charge in [0.05, 0.1) is 5.56 Å². The number of rotatable bonds is 6. The van der Waals surface area contributed by atoms with Crippen molar-refractivity contribution in [3.8, 4) is 0 Å². The van der Waals surface area contributed by atoms with Crippen molar-refractivity contribution in [2.24, 2.45) is 5.92 Å². The molecule has 1 amide bonds. The van der Waals surface area contributed by atoms with E-state index in [9.17, 15) is 13.2 Å². The van der Waals surface area contributed by atoms with E-state index in [1.54, 1.807) is 6.92 Å². The maximum Gasteiger partial charge on any atom is 0.275 e. The van der Waals surface area contributed by atoms with Gasteiger partial charge in [0, 0.05) is 26.7 Å². The van der Waals surface area contributed by atoms with Crippen LogP contribution in [0.25, 0.3) is 0 Å². The molecule has 7 nitrogen and oxygen atoms in total. The van der Waals surface area contributed by atoms with E-state index in [1.165, 1.54) is 20.2 Å². The number of amides is 1. The van der Waals surface area contributed by atoms with Gasteiger partial charge in [-0.15, -0.1) is 12.4 Å². The van der Waals surface area contributed by atoms with Crippen LogP contribution < -0.4 is 10.6 Å². The second-order valence-corrected chi connectivity index (χ2v) is 7.81. The number of aryl methyl sites for hydroxylation is 1. The topological polar surface area (TPSA) is 91.7 Å². The van der Waals surface area contributed by atoms with Gasteiger partial charge in [-0.3, -0.25) is 4.79 Å². The molecule has 9 heteroatoms. The highest BCUT2D eigenvalue weighted by Gasteiger charge is 2.25. The third kappa shape index (κ3) is 4.69. The summed E-state index contributed by atoms with van der Waals surface area (Å²) >= 11 is 0. The molecule has 1 aliphatic rings. The maximum absolute atomic E-state index is 12.2. The minimum atomic E-state index is -3.67. The molecule has 1 atom stereocenters. The van der Waals surface area contributed by atoms with Crippen LogP contribution in [0.3, 0.4) is 0 Å². The van der Waals surface area contributed by atoms with Crippen molar-refractivity contribution >= 4 is 28.3 Å². The molecule has 0 saturated carbocycles. The molecule has 1 aromatic rings. The standard InChI is InChI=1S/C14H23N3O4S.ClH/c1-10-12(8-13(21-10)22(19,20)17(2)3)14(18)16-7-5-11-4-6-15-9-11;/h8,11,15H,4-7,9H2,1-3H3,(H,16,18);1H. The number of carbonyl (C=O) groups is 1. The Morgan fingerprint density at radius 1 is 1.48 bits per heavy atom. The zero-order chi connectivity index (χ0) is 16.3. The summed E-state index contributed by atoms with van der Waals surface area (Å²) in [6.07, 6.45) is 2.05. The molecule has 1 unspecified atom stereocenters. The van der Waals surface area contributed by atoms with Crippen molar-refractivity contribution < 1.29 is 17.6 Å². The highest BCUT2D eigenvalue weighted by molar-refractivity contribution is 7.88. The molecular weight excluding hydrogens is 342 g/mol. The van der Waals surface area contributed by atoms with Gasteiger partial charge in [-0.1, -0.05) is 0 Å². The number of hydrogen-bond acceptors (Lipinski definition) is 5. The Hall–Kier alpha value is -1.09. The van der Waals surface area contributed by atoms with Gasteiger partial charge in [-0.2, -0.15) is 0 Å². The second-order valence-electron chi connectivity index (χ2n) is 5.73. The van der Waals surface area contributed by atoms with E-state index in [2.05, 4.69) is 10.6 Å². The first-order chi connectivity index (χ1) is 10.3. The molecule has 2 N–H and O–H groups in total. The molecular formula is C14H24ClN3O4S. The summed E-state index contributed by atoms with van der Waals surface area (Å²) in [6, 6.07) is 1.29. The molecule has 23 heavy (non-hydrogen) atoms. The molecule has 2 rings (SSSR count). The van der Waals surface area contributed by atoms with Gasteiger partial charge in [0.2, 0.25) is 5.09 Å². The van der Waals surface area contributed by atoms with Crippen LogP contribution in [0.4, 0.5) is 0 Å². The SMILES string of the molecule is Cc1oc(S(=O)(=O)N(C)C)cc1C(=O)NCCC1CCNC1.Cl. The molecule has 0 aliphatic carbocycles. The summed E-state index contributed by atoms with van der Waals surface area (Å²) in [5.74, 6) is 0.600. The minimum absolute atomic E-state index is 0. The van der Waals surface area contributed by atoms with Crippen LogP contribution in [-0.4, -0.2) is 52.4 Å². The van der Waals surface area contributed by atoms with E-state index in [1.807, 2.05) is 0 Å². The van der Waals surface area contributed by atoms with Crippen molar-refractivity contribution in [1.29, 1.82) is 0 Å². The van der Waals surface area contributed by atoms with Crippen LogP contribution in [0.15, 0.2) is 15.6 Å². The summed E-state index contributed by atoms with van der Waals surface area (Å²) < 4.78 is 30.3. The zero-order valence-corrected chi connectivity index (χ0v) is 15.2. The molecule has 132 valence electrons. The summed E-state index contributed by atoms with van der Waals surface area (Å²) in [5.41, 5.74) is 0.268. The lowest BCUT2D eigenvalue weighted by molar-refractivity contribution is 0.0950. The predicted molar refractivity (Wildman–Crippen MR) is 89.5 cm³/mol. The summed E-state index contributed by atoms with van der Waals surface area (Å²) in [7, 11) is -0.829. The van der Waals surface area contributed by atoms with Gasteiger partial charge in [-0.05, 0) is 38.8 Å². The lowest BCUT2D eigenvalue weighted by Gasteiger charge is -2.08. The molecule has 1 aromatic heterocycles. The summed E-state index contributed by atoms with van der Waals surface area (Å²) in [5, 5.41) is 5.90.